The third-order valence-corrected chi connectivity index (χ3v) is 6.65. The fraction of sp³-hybridized carbons (Fsp3) is 0.667. The summed E-state index contributed by atoms with van der Waals surface area (Å²) in [7, 11) is -3.67. The zero-order valence-electron chi connectivity index (χ0n) is 12.5. The molecule has 0 fully saturated rings. The minimum absolute atomic E-state index is 0.0714. The molecule has 1 aromatic rings. The van der Waals surface area contributed by atoms with Gasteiger partial charge in [0.25, 0.3) is 5.56 Å². The summed E-state index contributed by atoms with van der Waals surface area (Å²) >= 11 is 0. The monoisotopic (exact) mass is 284 g/mol. The number of nitrogens with one attached hydrogen (secondary N) is 1. The van der Waals surface area contributed by atoms with Crippen LogP contribution in [0.3, 0.4) is 0 Å². The van der Waals surface area contributed by atoms with E-state index in [2.05, 4.69) is 24.6 Å². The first-order chi connectivity index (χ1) is 8.00. The van der Waals surface area contributed by atoms with E-state index in [1.54, 1.807) is 0 Å². The van der Waals surface area contributed by atoms with E-state index in [0.29, 0.717) is 6.42 Å². The van der Waals surface area contributed by atoms with Crippen molar-refractivity contribution in [2.75, 3.05) is 0 Å². The molecular weight excluding hydrogens is 260 g/mol. The molecule has 1 N–H and O–H groups in total. The van der Waals surface area contributed by atoms with Gasteiger partial charge < -0.3 is 4.98 Å². The maximum Gasteiger partial charge on any atom is 0.320 e. The number of aromatic amines is 1. The Hall–Kier alpha value is -0.886. The molecule has 6 heteroatoms. The van der Waals surface area contributed by atoms with E-state index in [4.69, 9.17) is 0 Å². The largest absolute Gasteiger partial charge is 0.320 e. The Morgan fingerprint density at radius 3 is 1.89 bits per heavy atom. The number of rotatable bonds is 3. The highest BCUT2D eigenvalue weighted by Gasteiger charge is 2.28. The fourth-order valence-corrected chi connectivity index (χ4v) is 5.23. The first kappa shape index (κ1) is 15.2. The van der Waals surface area contributed by atoms with Crippen LogP contribution in [0.2, 0.25) is 39.3 Å². The van der Waals surface area contributed by atoms with Gasteiger partial charge in [0.1, 0.15) is 0 Å². The van der Waals surface area contributed by atoms with Crippen molar-refractivity contribution in [3.63, 3.8) is 0 Å². The Morgan fingerprint density at radius 2 is 1.56 bits per heavy atom. The van der Waals surface area contributed by atoms with Crippen molar-refractivity contribution < 1.29 is 0 Å². The lowest BCUT2D eigenvalue weighted by atomic mass is 10.3. The Morgan fingerprint density at radius 1 is 1.06 bits per heavy atom. The topological polar surface area (TPSA) is 54.9 Å². The number of hydrogen-bond donors (Lipinski definition) is 1. The van der Waals surface area contributed by atoms with Gasteiger partial charge in [-0.2, -0.15) is 0 Å². The minimum Gasteiger partial charge on any atom is -0.315 e. The van der Waals surface area contributed by atoms with Crippen LogP contribution in [0.15, 0.2) is 9.59 Å². The zero-order chi connectivity index (χ0) is 14.3. The third-order valence-electron chi connectivity index (χ3n) is 2.97. The van der Waals surface area contributed by atoms with Crippen LogP contribution in [-0.4, -0.2) is 25.5 Å². The lowest BCUT2D eigenvalue weighted by Gasteiger charge is -2.24. The molecule has 0 spiro atoms. The molecule has 0 aliphatic rings. The van der Waals surface area contributed by atoms with Crippen molar-refractivity contribution in [3.05, 3.63) is 26.4 Å². The molecule has 0 radical (unpaired) electrons. The highest BCUT2D eigenvalue weighted by atomic mass is 28.3. The molecule has 102 valence electrons. The molecule has 0 saturated heterocycles. The normalized spacial score (nSPS) is 12.8. The van der Waals surface area contributed by atoms with E-state index in [-0.39, 0.29) is 11.2 Å². The summed E-state index contributed by atoms with van der Waals surface area (Å²) in [5, 5.41) is 0.912. The minimum atomic E-state index is -1.98. The Labute approximate surface area is 110 Å². The molecule has 0 unspecified atom stereocenters. The van der Waals surface area contributed by atoms with Crippen molar-refractivity contribution in [1.29, 1.82) is 0 Å². The van der Waals surface area contributed by atoms with Crippen LogP contribution >= 0.6 is 0 Å². The summed E-state index contributed by atoms with van der Waals surface area (Å²) in [5.74, 6) is 0. The first-order valence-corrected chi connectivity index (χ1v) is 13.3. The number of aromatic nitrogens is 2. The van der Waals surface area contributed by atoms with Crippen LogP contribution in [0.4, 0.5) is 0 Å². The maximum atomic E-state index is 12.5. The van der Waals surface area contributed by atoms with Crippen LogP contribution in [0, 0.1) is 0 Å². The SMILES string of the molecule is CCc1c([Si](C)(C)C)[nH]c(=O)n([Si](C)(C)C)c1=O. The van der Waals surface area contributed by atoms with Crippen LogP contribution < -0.4 is 16.6 Å². The molecule has 0 aliphatic heterocycles. The van der Waals surface area contributed by atoms with Gasteiger partial charge in [-0.25, -0.2) is 4.79 Å². The van der Waals surface area contributed by atoms with Gasteiger partial charge in [0.05, 0.1) is 8.07 Å². The van der Waals surface area contributed by atoms with Gasteiger partial charge >= 0.3 is 5.69 Å². The summed E-state index contributed by atoms with van der Waals surface area (Å²) in [4.78, 5) is 27.7. The number of hydrogen-bond acceptors (Lipinski definition) is 2. The van der Waals surface area contributed by atoms with Crippen LogP contribution in [0.25, 0.3) is 0 Å². The molecule has 0 aromatic carbocycles. The quantitative estimate of drug-likeness (QED) is 0.851. The summed E-state index contributed by atoms with van der Waals surface area (Å²) in [6.45, 7) is 14.5. The molecular formula is C12H24N2O2Si2. The van der Waals surface area contributed by atoms with E-state index in [0.717, 1.165) is 10.9 Å². The lowest BCUT2D eigenvalue weighted by Crippen LogP contribution is -2.58. The Kier molecular flexibility index (Phi) is 3.93. The Balaban J connectivity index is 3.79. The van der Waals surface area contributed by atoms with Gasteiger partial charge in [-0.3, -0.25) is 9.03 Å². The predicted molar refractivity (Wildman–Crippen MR) is 82.4 cm³/mol. The van der Waals surface area contributed by atoms with E-state index >= 15 is 0 Å². The molecule has 4 nitrogen and oxygen atoms in total. The molecule has 0 aliphatic carbocycles. The van der Waals surface area contributed by atoms with E-state index in [9.17, 15) is 9.59 Å². The average Bonchev–Trinajstić information content (AvgIpc) is 2.13. The summed E-state index contributed by atoms with van der Waals surface area (Å²) < 4.78 is 1.47. The smallest absolute Gasteiger partial charge is 0.315 e. The third kappa shape index (κ3) is 2.75. The first-order valence-electron chi connectivity index (χ1n) is 6.39. The lowest BCUT2D eigenvalue weighted by molar-refractivity contribution is 0.891. The summed E-state index contributed by atoms with van der Waals surface area (Å²) in [6.07, 6.45) is 0.680. The summed E-state index contributed by atoms with van der Waals surface area (Å²) in [6, 6.07) is 0. The summed E-state index contributed by atoms with van der Waals surface area (Å²) in [5.41, 5.74) is 0.503. The van der Waals surface area contributed by atoms with Crippen LogP contribution in [0.1, 0.15) is 12.5 Å². The molecule has 0 bridgehead atoms. The van der Waals surface area contributed by atoms with Gasteiger partial charge in [0.15, 0.2) is 8.24 Å². The highest BCUT2D eigenvalue weighted by Crippen LogP contribution is 2.04. The van der Waals surface area contributed by atoms with Crippen molar-refractivity contribution in [1.82, 2.24) is 9.22 Å². The molecule has 0 amide bonds. The number of H-pyrrole nitrogens is 1. The fourth-order valence-electron chi connectivity index (χ4n) is 2.15. The second-order valence-electron chi connectivity index (χ2n) is 6.70. The molecule has 0 atom stereocenters. The number of nitrogens with zero attached hydrogens (tertiary/aromatic N) is 1. The van der Waals surface area contributed by atoms with E-state index in [1.807, 2.05) is 26.6 Å². The Bertz CT molecular complexity index is 559. The van der Waals surface area contributed by atoms with Gasteiger partial charge in [-0.05, 0) is 6.42 Å². The molecule has 1 rings (SSSR count). The zero-order valence-corrected chi connectivity index (χ0v) is 14.5. The van der Waals surface area contributed by atoms with E-state index in [1.165, 1.54) is 4.23 Å². The van der Waals surface area contributed by atoms with Gasteiger partial charge in [0, 0.05) is 10.9 Å². The van der Waals surface area contributed by atoms with Gasteiger partial charge in [-0.15, -0.1) is 0 Å². The highest BCUT2D eigenvalue weighted by molar-refractivity contribution is 6.88. The second kappa shape index (κ2) is 4.66. The van der Waals surface area contributed by atoms with Gasteiger partial charge in [-0.1, -0.05) is 46.2 Å². The molecule has 1 heterocycles. The van der Waals surface area contributed by atoms with Crippen molar-refractivity contribution in [2.45, 2.75) is 52.6 Å². The van der Waals surface area contributed by atoms with Crippen molar-refractivity contribution in [2.24, 2.45) is 0 Å². The standard InChI is InChI=1S/C12H24N2O2Si2/c1-8-9-10(17(2,3)4)13-12(16)14(11(9)15)18(5,6)7/h8H2,1-7H3,(H,13,16). The van der Waals surface area contributed by atoms with Crippen molar-refractivity contribution in [3.8, 4) is 0 Å². The van der Waals surface area contributed by atoms with E-state index < -0.39 is 16.3 Å². The van der Waals surface area contributed by atoms with Crippen LogP contribution in [-0.2, 0) is 6.42 Å². The van der Waals surface area contributed by atoms with Crippen LogP contribution in [0.5, 0.6) is 0 Å². The predicted octanol–water partition coefficient (Wildman–Crippen LogP) is 1.33. The average molecular weight is 285 g/mol. The van der Waals surface area contributed by atoms with Gasteiger partial charge in [0.2, 0.25) is 0 Å². The molecule has 1 aromatic heterocycles. The second-order valence-corrected chi connectivity index (χ2v) is 16.5. The maximum absolute atomic E-state index is 12.5. The molecule has 0 saturated carbocycles. The molecule has 18 heavy (non-hydrogen) atoms. The van der Waals surface area contributed by atoms with Crippen molar-refractivity contribution >= 4 is 21.6 Å².